The lowest BCUT2D eigenvalue weighted by Crippen LogP contribution is -2.22. The highest BCUT2D eigenvalue weighted by atomic mass is 19.4. The van der Waals surface area contributed by atoms with Crippen molar-refractivity contribution in [2.45, 2.75) is 39.3 Å². The van der Waals surface area contributed by atoms with Gasteiger partial charge in [0.05, 0.1) is 17.6 Å². The van der Waals surface area contributed by atoms with Crippen LogP contribution >= 0.6 is 0 Å². The molecule has 0 amide bonds. The SMILES string of the molecule is CCn1cc(CN2Cc3cn(-c4ccccc4)nc3-c3ccn(C)c3C2)cn1.O=C(O)C(F)(F)F. The van der Waals surface area contributed by atoms with E-state index >= 15 is 0 Å². The van der Waals surface area contributed by atoms with E-state index in [9.17, 15) is 13.2 Å². The number of para-hydroxylation sites is 1. The van der Waals surface area contributed by atoms with E-state index in [4.69, 9.17) is 15.0 Å². The van der Waals surface area contributed by atoms with Gasteiger partial charge in [0, 0.05) is 74.2 Å². The molecule has 0 bridgehead atoms. The zero-order chi connectivity index (χ0) is 25.2. The van der Waals surface area contributed by atoms with Gasteiger partial charge in [-0.15, -0.1) is 0 Å². The van der Waals surface area contributed by atoms with Gasteiger partial charge < -0.3 is 9.67 Å². The number of carboxylic acid groups (broad SMARTS) is 1. The van der Waals surface area contributed by atoms with E-state index in [0.29, 0.717) is 0 Å². The first kappa shape index (κ1) is 24.3. The van der Waals surface area contributed by atoms with Crippen molar-refractivity contribution in [2.24, 2.45) is 7.05 Å². The number of aromatic nitrogens is 5. The first-order valence-electron chi connectivity index (χ1n) is 11.0. The Labute approximate surface area is 199 Å². The van der Waals surface area contributed by atoms with E-state index in [1.54, 1.807) is 0 Å². The molecule has 0 unspecified atom stereocenters. The van der Waals surface area contributed by atoms with Gasteiger partial charge in [0.1, 0.15) is 0 Å². The average Bonchev–Trinajstić information content (AvgIpc) is 3.52. The summed E-state index contributed by atoms with van der Waals surface area (Å²) in [6, 6.07) is 12.5. The summed E-state index contributed by atoms with van der Waals surface area (Å²) in [5.74, 6) is -2.76. The predicted molar refractivity (Wildman–Crippen MR) is 123 cm³/mol. The van der Waals surface area contributed by atoms with Crippen molar-refractivity contribution in [3.63, 3.8) is 0 Å². The number of aryl methyl sites for hydroxylation is 2. The maximum absolute atomic E-state index is 10.6. The Morgan fingerprint density at radius 3 is 2.46 bits per heavy atom. The molecule has 1 N–H and O–H groups in total. The Kier molecular flexibility index (Phi) is 6.79. The van der Waals surface area contributed by atoms with Crippen LogP contribution in [0.5, 0.6) is 0 Å². The van der Waals surface area contributed by atoms with Gasteiger partial charge in [-0.3, -0.25) is 9.58 Å². The molecule has 0 fully saturated rings. The quantitative estimate of drug-likeness (QED) is 0.467. The van der Waals surface area contributed by atoms with Gasteiger partial charge in [-0.25, -0.2) is 9.48 Å². The number of benzene rings is 1. The van der Waals surface area contributed by atoms with Crippen LogP contribution < -0.4 is 0 Å². The minimum atomic E-state index is -5.08. The minimum absolute atomic E-state index is 0.869. The zero-order valence-electron chi connectivity index (χ0n) is 19.3. The maximum atomic E-state index is 10.6. The average molecular weight is 486 g/mol. The summed E-state index contributed by atoms with van der Waals surface area (Å²) in [4.78, 5) is 11.4. The third-order valence-corrected chi connectivity index (χ3v) is 5.69. The number of aliphatic carboxylic acids is 1. The minimum Gasteiger partial charge on any atom is -0.475 e. The Morgan fingerprint density at radius 2 is 1.83 bits per heavy atom. The fraction of sp³-hybridized carbons (Fsp3) is 0.292. The van der Waals surface area contributed by atoms with Gasteiger partial charge in [0.2, 0.25) is 0 Å². The number of nitrogens with zero attached hydrogens (tertiary/aromatic N) is 6. The van der Waals surface area contributed by atoms with Crippen molar-refractivity contribution < 1.29 is 23.1 Å². The van der Waals surface area contributed by atoms with Crippen molar-refractivity contribution in [1.29, 1.82) is 0 Å². The molecule has 3 aromatic heterocycles. The van der Waals surface area contributed by atoms with Crippen LogP contribution in [0.3, 0.4) is 0 Å². The number of carboxylic acids is 1. The lowest BCUT2D eigenvalue weighted by atomic mass is 10.1. The number of rotatable bonds is 4. The van der Waals surface area contributed by atoms with Crippen LogP contribution in [0, 0.1) is 0 Å². The van der Waals surface area contributed by atoms with Gasteiger partial charge in [-0.1, -0.05) is 18.2 Å². The number of hydrogen-bond acceptors (Lipinski definition) is 4. The van der Waals surface area contributed by atoms with Crippen LogP contribution in [0.15, 0.2) is 61.2 Å². The summed E-state index contributed by atoms with van der Waals surface area (Å²) in [7, 11) is 2.12. The largest absolute Gasteiger partial charge is 0.490 e. The van der Waals surface area contributed by atoms with E-state index in [0.717, 1.165) is 37.6 Å². The van der Waals surface area contributed by atoms with Crippen LogP contribution in [0.1, 0.15) is 23.7 Å². The van der Waals surface area contributed by atoms with Crippen molar-refractivity contribution >= 4 is 5.97 Å². The second-order valence-electron chi connectivity index (χ2n) is 8.22. The standard InChI is InChI=1S/C22H24N6.C2HF3O2/c1-3-27-13-17(11-23-27)12-26-14-18-15-28(19-7-5-4-6-8-19)24-22(18)20-9-10-25(2)21(20)16-26;3-2(4,5)1(6)7/h4-11,13,15H,3,12,14,16H2,1-2H3;(H,6,7). The summed E-state index contributed by atoms with van der Waals surface area (Å²) in [5.41, 5.74) is 7.22. The molecule has 0 saturated carbocycles. The van der Waals surface area contributed by atoms with Crippen LogP contribution in [0.25, 0.3) is 16.9 Å². The zero-order valence-corrected chi connectivity index (χ0v) is 19.3. The molecule has 0 atom stereocenters. The molecule has 184 valence electrons. The van der Waals surface area contributed by atoms with Gasteiger partial charge in [0.15, 0.2) is 0 Å². The monoisotopic (exact) mass is 486 g/mol. The number of alkyl halides is 3. The highest BCUT2D eigenvalue weighted by molar-refractivity contribution is 5.73. The number of carbonyl (C=O) groups is 1. The van der Waals surface area contributed by atoms with Crippen LogP contribution in [0.2, 0.25) is 0 Å². The van der Waals surface area contributed by atoms with Crippen molar-refractivity contribution in [1.82, 2.24) is 29.0 Å². The highest BCUT2D eigenvalue weighted by Crippen LogP contribution is 2.33. The molecule has 4 heterocycles. The molecule has 8 nitrogen and oxygen atoms in total. The Balaban J connectivity index is 0.000000364. The maximum Gasteiger partial charge on any atom is 0.490 e. The molecule has 1 aromatic carbocycles. The summed E-state index contributed by atoms with van der Waals surface area (Å²) in [6.45, 7) is 5.66. The van der Waals surface area contributed by atoms with E-state index in [2.05, 4.69) is 65.3 Å². The summed E-state index contributed by atoms with van der Waals surface area (Å²) in [6.07, 6.45) is 3.35. The van der Waals surface area contributed by atoms with Gasteiger partial charge in [0.25, 0.3) is 0 Å². The predicted octanol–water partition coefficient (Wildman–Crippen LogP) is 4.24. The fourth-order valence-electron chi connectivity index (χ4n) is 3.98. The second-order valence-corrected chi connectivity index (χ2v) is 8.22. The van der Waals surface area contributed by atoms with Crippen molar-refractivity contribution in [2.75, 3.05) is 0 Å². The van der Waals surface area contributed by atoms with Crippen LogP contribution in [-0.2, 0) is 38.0 Å². The van der Waals surface area contributed by atoms with E-state index in [1.807, 2.05) is 33.8 Å². The molecular weight excluding hydrogens is 461 g/mol. The smallest absolute Gasteiger partial charge is 0.475 e. The second kappa shape index (κ2) is 9.79. The molecule has 1 aliphatic rings. The Bertz CT molecular complexity index is 1310. The Morgan fingerprint density at radius 1 is 1.11 bits per heavy atom. The Hall–Kier alpha value is -3.86. The first-order chi connectivity index (χ1) is 16.7. The van der Waals surface area contributed by atoms with E-state index in [1.165, 1.54) is 22.4 Å². The molecule has 0 saturated heterocycles. The molecular formula is C24H25F3N6O2. The normalized spacial score (nSPS) is 13.4. The summed E-state index contributed by atoms with van der Waals surface area (Å²) in [5, 5.41) is 16.5. The molecule has 35 heavy (non-hydrogen) atoms. The van der Waals surface area contributed by atoms with Gasteiger partial charge >= 0.3 is 12.1 Å². The third-order valence-electron chi connectivity index (χ3n) is 5.69. The van der Waals surface area contributed by atoms with Gasteiger partial charge in [-0.05, 0) is 25.1 Å². The van der Waals surface area contributed by atoms with E-state index in [-0.39, 0.29) is 0 Å². The lowest BCUT2D eigenvalue weighted by molar-refractivity contribution is -0.192. The third kappa shape index (κ3) is 5.46. The van der Waals surface area contributed by atoms with Crippen molar-refractivity contribution in [3.05, 3.63) is 78.0 Å². The molecule has 0 radical (unpaired) electrons. The number of hydrogen-bond donors (Lipinski definition) is 1. The molecule has 0 aliphatic carbocycles. The molecule has 0 spiro atoms. The van der Waals surface area contributed by atoms with Gasteiger partial charge in [-0.2, -0.15) is 23.4 Å². The topological polar surface area (TPSA) is 81.1 Å². The number of halogens is 3. The summed E-state index contributed by atoms with van der Waals surface area (Å²) < 4.78 is 37.9. The highest BCUT2D eigenvalue weighted by Gasteiger charge is 2.38. The first-order valence-corrected chi connectivity index (χ1v) is 11.0. The molecule has 5 rings (SSSR count). The van der Waals surface area contributed by atoms with E-state index < -0.39 is 12.1 Å². The molecule has 4 aromatic rings. The number of fused-ring (bicyclic) bond motifs is 3. The lowest BCUT2D eigenvalue weighted by Gasteiger charge is -2.20. The molecule has 1 aliphatic heterocycles. The molecule has 11 heteroatoms. The van der Waals surface area contributed by atoms with Crippen molar-refractivity contribution in [3.8, 4) is 16.9 Å². The summed E-state index contributed by atoms with van der Waals surface area (Å²) >= 11 is 0. The fourth-order valence-corrected chi connectivity index (χ4v) is 3.98. The van der Waals surface area contributed by atoms with Crippen LogP contribution in [0.4, 0.5) is 13.2 Å². The van der Waals surface area contributed by atoms with Crippen LogP contribution in [-0.4, -0.2) is 46.3 Å².